The number of hydrogen-bond acceptors (Lipinski definition) is 5. The summed E-state index contributed by atoms with van der Waals surface area (Å²) in [6, 6.07) is 4.82. The smallest absolute Gasteiger partial charge is 0.271 e. The van der Waals surface area contributed by atoms with Crippen LogP contribution in [0.25, 0.3) is 0 Å². The van der Waals surface area contributed by atoms with Gasteiger partial charge in [-0.15, -0.1) is 0 Å². The summed E-state index contributed by atoms with van der Waals surface area (Å²) in [5.41, 5.74) is 0.694. The van der Waals surface area contributed by atoms with Crippen LogP contribution in [0.1, 0.15) is 12.5 Å². The van der Waals surface area contributed by atoms with Gasteiger partial charge >= 0.3 is 0 Å². The molecule has 5 nitrogen and oxygen atoms in total. The van der Waals surface area contributed by atoms with Gasteiger partial charge in [0.15, 0.2) is 0 Å². The van der Waals surface area contributed by atoms with E-state index in [-0.39, 0.29) is 5.69 Å². The molecule has 100 valence electrons. The molecule has 0 amide bonds. The van der Waals surface area contributed by atoms with Crippen molar-refractivity contribution < 1.29 is 10.0 Å². The number of nitro benzene ring substituents is 1. The fraction of sp³-hybridized carbons (Fsp3) is 0.500. The zero-order valence-corrected chi connectivity index (χ0v) is 11.6. The van der Waals surface area contributed by atoms with Gasteiger partial charge in [-0.2, -0.15) is 11.8 Å². The Labute approximate surface area is 111 Å². The quantitative estimate of drug-likeness (QED) is 0.613. The fourth-order valence-electron chi connectivity index (χ4n) is 1.62. The predicted molar refractivity (Wildman–Crippen MR) is 75.3 cm³/mol. The van der Waals surface area contributed by atoms with Crippen LogP contribution in [-0.2, 0) is 0 Å². The summed E-state index contributed by atoms with van der Waals surface area (Å²) in [6.07, 6.45) is 1.92. The molecule has 0 fully saturated rings. The highest BCUT2D eigenvalue weighted by atomic mass is 32.2. The number of nitro groups is 1. The average molecular weight is 270 g/mol. The van der Waals surface area contributed by atoms with Crippen molar-refractivity contribution in [2.45, 2.75) is 19.4 Å². The summed E-state index contributed by atoms with van der Waals surface area (Å²) in [6.45, 7) is 3.90. The van der Waals surface area contributed by atoms with Crippen LogP contribution >= 0.6 is 11.8 Å². The molecular weight excluding hydrogens is 252 g/mol. The largest absolute Gasteiger partial charge is 0.387 e. The van der Waals surface area contributed by atoms with Crippen LogP contribution in [0, 0.1) is 17.0 Å². The third-order valence-corrected chi connectivity index (χ3v) is 3.31. The molecule has 1 aromatic rings. The lowest BCUT2D eigenvalue weighted by molar-refractivity contribution is -0.384. The first-order chi connectivity index (χ1) is 8.34. The van der Waals surface area contributed by atoms with Gasteiger partial charge in [0.05, 0.1) is 10.5 Å². The van der Waals surface area contributed by atoms with Gasteiger partial charge in [-0.05, 0) is 31.7 Å². The SMILES string of the molecule is CSCC(C)(O)CNc1cc(C)cc([N+](=O)[O-])c1. The van der Waals surface area contributed by atoms with E-state index in [1.54, 1.807) is 25.6 Å². The zero-order chi connectivity index (χ0) is 13.8. The first kappa shape index (κ1) is 14.8. The van der Waals surface area contributed by atoms with E-state index >= 15 is 0 Å². The molecule has 1 unspecified atom stereocenters. The van der Waals surface area contributed by atoms with Crippen molar-refractivity contribution in [2.75, 3.05) is 23.9 Å². The Morgan fingerprint density at radius 2 is 2.17 bits per heavy atom. The van der Waals surface area contributed by atoms with Crippen LogP contribution in [0.3, 0.4) is 0 Å². The van der Waals surface area contributed by atoms with Crippen molar-refractivity contribution >= 4 is 23.1 Å². The first-order valence-electron chi connectivity index (χ1n) is 5.55. The molecule has 18 heavy (non-hydrogen) atoms. The second kappa shape index (κ2) is 6.06. The number of nitrogens with zero attached hydrogens (tertiary/aromatic N) is 1. The van der Waals surface area contributed by atoms with Gasteiger partial charge in [-0.3, -0.25) is 10.1 Å². The summed E-state index contributed by atoms with van der Waals surface area (Å²) < 4.78 is 0. The number of benzene rings is 1. The second-order valence-corrected chi connectivity index (χ2v) is 5.46. The molecule has 0 aromatic heterocycles. The fourth-order valence-corrected chi connectivity index (χ4v) is 2.35. The summed E-state index contributed by atoms with van der Waals surface area (Å²) in [7, 11) is 0. The molecule has 1 rings (SSSR count). The van der Waals surface area contributed by atoms with Gasteiger partial charge in [0.1, 0.15) is 0 Å². The molecule has 0 saturated carbocycles. The lowest BCUT2D eigenvalue weighted by atomic mass is 10.1. The van der Waals surface area contributed by atoms with E-state index in [0.717, 1.165) is 5.56 Å². The van der Waals surface area contributed by atoms with E-state index in [9.17, 15) is 15.2 Å². The van der Waals surface area contributed by atoms with Crippen LogP contribution in [0.15, 0.2) is 18.2 Å². The minimum atomic E-state index is -0.835. The second-order valence-electron chi connectivity index (χ2n) is 4.60. The van der Waals surface area contributed by atoms with E-state index in [1.807, 2.05) is 12.3 Å². The molecule has 2 N–H and O–H groups in total. The Morgan fingerprint density at radius 3 is 2.72 bits per heavy atom. The van der Waals surface area contributed by atoms with Gasteiger partial charge in [0.2, 0.25) is 0 Å². The molecule has 6 heteroatoms. The van der Waals surface area contributed by atoms with Gasteiger partial charge in [-0.25, -0.2) is 0 Å². The number of anilines is 1. The molecule has 0 aliphatic heterocycles. The monoisotopic (exact) mass is 270 g/mol. The highest BCUT2D eigenvalue weighted by Crippen LogP contribution is 2.21. The number of thioether (sulfide) groups is 1. The average Bonchev–Trinajstić information content (AvgIpc) is 2.26. The minimum absolute atomic E-state index is 0.0574. The van der Waals surface area contributed by atoms with E-state index < -0.39 is 10.5 Å². The lowest BCUT2D eigenvalue weighted by Gasteiger charge is -2.23. The third kappa shape index (κ3) is 4.54. The normalized spacial score (nSPS) is 14.0. The number of hydrogen-bond donors (Lipinski definition) is 2. The molecular formula is C12H18N2O3S. The molecule has 0 bridgehead atoms. The Morgan fingerprint density at radius 1 is 1.50 bits per heavy atom. The number of aryl methyl sites for hydroxylation is 1. The first-order valence-corrected chi connectivity index (χ1v) is 6.95. The summed E-state index contributed by atoms with van der Waals surface area (Å²) in [5, 5.41) is 23.8. The van der Waals surface area contributed by atoms with Gasteiger partial charge in [0, 0.05) is 30.1 Å². The third-order valence-electron chi connectivity index (χ3n) is 2.40. The van der Waals surface area contributed by atoms with Crippen molar-refractivity contribution in [3.63, 3.8) is 0 Å². The maximum absolute atomic E-state index is 10.7. The topological polar surface area (TPSA) is 75.4 Å². The molecule has 0 aliphatic carbocycles. The van der Waals surface area contributed by atoms with Gasteiger partial charge < -0.3 is 10.4 Å². The molecule has 0 radical (unpaired) electrons. The number of nitrogens with one attached hydrogen (secondary N) is 1. The molecule has 0 spiro atoms. The van der Waals surface area contributed by atoms with E-state index in [4.69, 9.17) is 0 Å². The van der Waals surface area contributed by atoms with Gasteiger partial charge in [-0.1, -0.05) is 0 Å². The predicted octanol–water partition coefficient (Wildman–Crippen LogP) is 2.43. The molecule has 0 saturated heterocycles. The Bertz CT molecular complexity index is 435. The Hall–Kier alpha value is -1.27. The van der Waals surface area contributed by atoms with Gasteiger partial charge in [0.25, 0.3) is 5.69 Å². The van der Waals surface area contributed by atoms with E-state index in [0.29, 0.717) is 18.0 Å². The van der Waals surface area contributed by atoms with Crippen LogP contribution in [0.5, 0.6) is 0 Å². The van der Waals surface area contributed by atoms with E-state index in [1.165, 1.54) is 12.1 Å². The highest BCUT2D eigenvalue weighted by Gasteiger charge is 2.19. The minimum Gasteiger partial charge on any atom is -0.387 e. The standard InChI is InChI=1S/C12H18N2O3S/c1-9-4-10(6-11(5-9)14(16)17)13-7-12(2,15)8-18-3/h4-6,13,15H,7-8H2,1-3H3. The zero-order valence-electron chi connectivity index (χ0n) is 10.8. The Balaban J connectivity index is 2.76. The van der Waals surface area contributed by atoms with Crippen molar-refractivity contribution in [3.05, 3.63) is 33.9 Å². The number of aliphatic hydroxyl groups is 1. The summed E-state index contributed by atoms with van der Waals surface area (Å²) in [4.78, 5) is 10.3. The van der Waals surface area contributed by atoms with Crippen molar-refractivity contribution in [1.29, 1.82) is 0 Å². The molecule has 0 heterocycles. The maximum atomic E-state index is 10.7. The number of rotatable bonds is 6. The van der Waals surface area contributed by atoms with Crippen LogP contribution in [0.4, 0.5) is 11.4 Å². The van der Waals surface area contributed by atoms with Crippen molar-refractivity contribution in [3.8, 4) is 0 Å². The van der Waals surface area contributed by atoms with Crippen LogP contribution in [0.2, 0.25) is 0 Å². The summed E-state index contributed by atoms with van der Waals surface area (Å²) >= 11 is 1.56. The summed E-state index contributed by atoms with van der Waals surface area (Å²) in [5.74, 6) is 0.605. The lowest BCUT2D eigenvalue weighted by Crippen LogP contribution is -2.36. The molecule has 1 atom stereocenters. The number of non-ortho nitro benzene ring substituents is 1. The van der Waals surface area contributed by atoms with Crippen molar-refractivity contribution in [2.24, 2.45) is 0 Å². The molecule has 0 aliphatic rings. The maximum Gasteiger partial charge on any atom is 0.271 e. The Kier molecular flexibility index (Phi) is 4.98. The van der Waals surface area contributed by atoms with E-state index in [2.05, 4.69) is 5.32 Å². The van der Waals surface area contributed by atoms with Crippen molar-refractivity contribution in [1.82, 2.24) is 0 Å². The molecule has 1 aromatic carbocycles. The van der Waals surface area contributed by atoms with Crippen LogP contribution < -0.4 is 5.32 Å². The van der Waals surface area contributed by atoms with Crippen LogP contribution in [-0.4, -0.2) is 34.2 Å². The highest BCUT2D eigenvalue weighted by molar-refractivity contribution is 7.98.